The lowest BCUT2D eigenvalue weighted by atomic mass is 10.2. The number of sulfone groups is 1. The SMILES string of the molecule is CCOP(=O)(Cc1c(Cl)cccc1S(=O)(=O)c1ccccc1)OCC. The van der Waals surface area contributed by atoms with E-state index in [1.807, 2.05) is 0 Å². The van der Waals surface area contributed by atoms with Gasteiger partial charge in [0.15, 0.2) is 0 Å². The molecule has 136 valence electrons. The number of benzene rings is 2. The summed E-state index contributed by atoms with van der Waals surface area (Å²) in [4.78, 5) is 0.145. The van der Waals surface area contributed by atoms with Crippen LogP contribution in [0.4, 0.5) is 0 Å². The van der Waals surface area contributed by atoms with E-state index in [2.05, 4.69) is 0 Å². The highest BCUT2D eigenvalue weighted by Gasteiger charge is 2.30. The van der Waals surface area contributed by atoms with E-state index in [0.29, 0.717) is 0 Å². The quantitative estimate of drug-likeness (QED) is 0.585. The van der Waals surface area contributed by atoms with Crippen LogP contribution in [-0.2, 0) is 29.6 Å². The predicted molar refractivity (Wildman–Crippen MR) is 97.9 cm³/mol. The van der Waals surface area contributed by atoms with E-state index in [9.17, 15) is 13.0 Å². The highest BCUT2D eigenvalue weighted by molar-refractivity contribution is 7.91. The molecule has 2 rings (SSSR count). The summed E-state index contributed by atoms with van der Waals surface area (Å²) in [7, 11) is -7.32. The minimum Gasteiger partial charge on any atom is -0.309 e. The summed E-state index contributed by atoms with van der Waals surface area (Å²) < 4.78 is 49.4. The molecule has 0 radical (unpaired) electrons. The van der Waals surface area contributed by atoms with Gasteiger partial charge in [-0.3, -0.25) is 4.57 Å². The molecule has 0 saturated heterocycles. The summed E-state index contributed by atoms with van der Waals surface area (Å²) in [5.74, 6) is 0. The molecule has 0 aliphatic carbocycles. The second-order valence-electron chi connectivity index (χ2n) is 5.14. The maximum atomic E-state index is 13.0. The van der Waals surface area contributed by atoms with Crippen molar-refractivity contribution >= 4 is 29.0 Å². The van der Waals surface area contributed by atoms with Crippen LogP contribution >= 0.6 is 19.2 Å². The predicted octanol–water partition coefficient (Wildman–Crippen LogP) is 4.94. The number of hydrogen-bond donors (Lipinski definition) is 0. The Labute approximate surface area is 153 Å². The van der Waals surface area contributed by atoms with Gasteiger partial charge in [0.05, 0.1) is 29.2 Å². The maximum Gasteiger partial charge on any atom is 0.335 e. The lowest BCUT2D eigenvalue weighted by Gasteiger charge is -2.19. The summed E-state index contributed by atoms with van der Waals surface area (Å²) in [6, 6.07) is 12.6. The van der Waals surface area contributed by atoms with Crippen LogP contribution in [-0.4, -0.2) is 21.6 Å². The average molecular weight is 403 g/mol. The second-order valence-corrected chi connectivity index (χ2v) is 9.52. The molecule has 0 bridgehead atoms. The lowest BCUT2D eigenvalue weighted by Crippen LogP contribution is -2.08. The zero-order valence-electron chi connectivity index (χ0n) is 14.0. The average Bonchev–Trinajstić information content (AvgIpc) is 2.58. The minimum absolute atomic E-state index is 0.00540. The molecule has 8 heteroatoms. The first-order valence-electron chi connectivity index (χ1n) is 7.79. The summed E-state index contributed by atoms with van der Waals surface area (Å²) in [5, 5.41) is 0.205. The second kappa shape index (κ2) is 8.47. The van der Waals surface area contributed by atoms with E-state index >= 15 is 0 Å². The van der Waals surface area contributed by atoms with Gasteiger partial charge < -0.3 is 9.05 Å². The molecule has 0 spiro atoms. The van der Waals surface area contributed by atoms with E-state index in [-0.39, 0.29) is 39.8 Å². The third-order valence-corrected chi connectivity index (χ3v) is 7.64. The Hall–Kier alpha value is -1.17. The van der Waals surface area contributed by atoms with E-state index in [0.717, 1.165) is 0 Å². The molecular weight excluding hydrogens is 383 g/mol. The Morgan fingerprint density at radius 3 is 2.12 bits per heavy atom. The Morgan fingerprint density at radius 1 is 0.960 bits per heavy atom. The zero-order valence-corrected chi connectivity index (χ0v) is 16.5. The van der Waals surface area contributed by atoms with Gasteiger partial charge in [-0.05, 0) is 38.1 Å². The van der Waals surface area contributed by atoms with Crippen molar-refractivity contribution in [3.63, 3.8) is 0 Å². The maximum absolute atomic E-state index is 13.0. The molecule has 0 aliphatic heterocycles. The van der Waals surface area contributed by atoms with Crippen LogP contribution in [0.2, 0.25) is 5.02 Å². The molecule has 0 unspecified atom stereocenters. The molecule has 2 aromatic carbocycles. The van der Waals surface area contributed by atoms with Crippen LogP contribution in [0.3, 0.4) is 0 Å². The van der Waals surface area contributed by atoms with Crippen LogP contribution in [0, 0.1) is 0 Å². The van der Waals surface area contributed by atoms with Crippen LogP contribution in [0.1, 0.15) is 19.4 Å². The molecule has 5 nitrogen and oxygen atoms in total. The van der Waals surface area contributed by atoms with Gasteiger partial charge in [0.1, 0.15) is 0 Å². The van der Waals surface area contributed by atoms with E-state index < -0.39 is 17.4 Å². The molecular formula is C17H20ClO5PS. The van der Waals surface area contributed by atoms with E-state index in [4.69, 9.17) is 20.6 Å². The monoisotopic (exact) mass is 402 g/mol. The fourth-order valence-corrected chi connectivity index (χ4v) is 6.19. The van der Waals surface area contributed by atoms with Crippen LogP contribution in [0.15, 0.2) is 58.3 Å². The number of halogens is 1. The van der Waals surface area contributed by atoms with Crippen LogP contribution in [0.25, 0.3) is 0 Å². The Kier molecular flexibility index (Phi) is 6.83. The topological polar surface area (TPSA) is 69.7 Å². The van der Waals surface area contributed by atoms with Gasteiger partial charge in [0, 0.05) is 10.6 Å². The van der Waals surface area contributed by atoms with Crippen molar-refractivity contribution in [2.45, 2.75) is 29.8 Å². The lowest BCUT2D eigenvalue weighted by molar-refractivity contribution is 0.219. The first-order valence-corrected chi connectivity index (χ1v) is 11.4. The fraction of sp³-hybridized carbons (Fsp3) is 0.294. The zero-order chi connectivity index (χ0) is 18.5. The van der Waals surface area contributed by atoms with Crippen molar-refractivity contribution in [2.75, 3.05) is 13.2 Å². The molecule has 0 saturated carbocycles. The molecule has 0 fully saturated rings. The van der Waals surface area contributed by atoms with E-state index in [1.54, 1.807) is 44.2 Å². The summed E-state index contributed by atoms with van der Waals surface area (Å²) in [5.41, 5.74) is 0.234. The van der Waals surface area contributed by atoms with Crippen molar-refractivity contribution < 1.29 is 22.0 Å². The molecule has 2 aromatic rings. The van der Waals surface area contributed by atoms with Gasteiger partial charge in [0.2, 0.25) is 9.84 Å². The summed E-state index contributed by atoms with van der Waals surface area (Å²) in [6.45, 7) is 3.75. The van der Waals surface area contributed by atoms with Gasteiger partial charge in [0.25, 0.3) is 0 Å². The van der Waals surface area contributed by atoms with Gasteiger partial charge in [-0.25, -0.2) is 8.42 Å². The summed E-state index contributed by atoms with van der Waals surface area (Å²) in [6.07, 6.45) is -0.213. The Bertz CT molecular complexity index is 858. The number of rotatable bonds is 8. The normalized spacial score (nSPS) is 12.3. The van der Waals surface area contributed by atoms with E-state index in [1.165, 1.54) is 18.2 Å². The van der Waals surface area contributed by atoms with Gasteiger partial charge in [-0.1, -0.05) is 35.9 Å². The minimum atomic E-state index is -3.81. The third-order valence-electron chi connectivity index (χ3n) is 3.42. The Morgan fingerprint density at radius 2 is 1.56 bits per heavy atom. The highest BCUT2D eigenvalue weighted by Crippen LogP contribution is 2.53. The molecule has 0 atom stereocenters. The molecule has 0 heterocycles. The van der Waals surface area contributed by atoms with Crippen molar-refractivity contribution in [3.8, 4) is 0 Å². The first-order chi connectivity index (χ1) is 11.8. The molecule has 0 N–H and O–H groups in total. The molecule has 0 aromatic heterocycles. The van der Waals surface area contributed by atoms with Crippen molar-refractivity contribution in [3.05, 3.63) is 59.1 Å². The van der Waals surface area contributed by atoms with Gasteiger partial charge in [-0.2, -0.15) is 0 Å². The summed E-state index contributed by atoms with van der Waals surface area (Å²) >= 11 is 6.23. The fourth-order valence-electron chi connectivity index (χ4n) is 2.39. The Balaban J connectivity index is 2.56. The first kappa shape index (κ1) is 20.1. The van der Waals surface area contributed by atoms with Gasteiger partial charge >= 0.3 is 7.60 Å². The smallest absolute Gasteiger partial charge is 0.309 e. The largest absolute Gasteiger partial charge is 0.335 e. The van der Waals surface area contributed by atoms with Crippen molar-refractivity contribution in [1.29, 1.82) is 0 Å². The number of hydrogen-bond acceptors (Lipinski definition) is 5. The van der Waals surface area contributed by atoms with Crippen molar-refractivity contribution in [1.82, 2.24) is 0 Å². The molecule has 25 heavy (non-hydrogen) atoms. The highest BCUT2D eigenvalue weighted by atomic mass is 35.5. The van der Waals surface area contributed by atoms with Crippen molar-refractivity contribution in [2.24, 2.45) is 0 Å². The van der Waals surface area contributed by atoms with Crippen LogP contribution < -0.4 is 0 Å². The third kappa shape index (κ3) is 4.72. The molecule has 0 amide bonds. The van der Waals surface area contributed by atoms with Gasteiger partial charge in [-0.15, -0.1) is 0 Å². The molecule has 0 aliphatic rings. The standard InChI is InChI=1S/C17H20ClO5PS/c1-3-22-24(19,23-4-2)13-15-16(18)11-8-12-17(15)25(20,21)14-9-6-5-7-10-14/h5-12H,3-4,13H2,1-2H3. The van der Waals surface area contributed by atoms with Crippen LogP contribution in [0.5, 0.6) is 0 Å².